The Morgan fingerprint density at radius 2 is 1.87 bits per heavy atom. The summed E-state index contributed by atoms with van der Waals surface area (Å²) in [6.45, 7) is 8.07. The molecule has 1 aromatic heterocycles. The molecule has 0 spiro atoms. The van der Waals surface area contributed by atoms with Crippen LogP contribution >= 0.6 is 11.6 Å². The number of pyridine rings is 1. The number of hydrogen-bond acceptors (Lipinski definition) is 6. The van der Waals surface area contributed by atoms with E-state index in [1.807, 2.05) is 23.9 Å². The molecule has 0 saturated carbocycles. The zero-order chi connectivity index (χ0) is 32.8. The molecule has 0 N–H and O–H groups in total. The van der Waals surface area contributed by atoms with Crippen molar-refractivity contribution >= 4 is 46.5 Å². The van der Waals surface area contributed by atoms with Crippen LogP contribution in [0.5, 0.6) is 0 Å². The Morgan fingerprint density at radius 1 is 1.16 bits per heavy atom. The first kappa shape index (κ1) is 32.7. The van der Waals surface area contributed by atoms with Crippen LogP contribution in [-0.4, -0.2) is 92.4 Å². The number of aryl methyl sites for hydroxylation is 1. The summed E-state index contributed by atoms with van der Waals surface area (Å²) >= 11 is 6.72. The lowest BCUT2D eigenvalue weighted by Crippen LogP contribution is -2.53. The fourth-order valence-corrected chi connectivity index (χ4v) is 6.92. The van der Waals surface area contributed by atoms with Crippen LogP contribution < -0.4 is 14.7 Å². The predicted octanol–water partition coefficient (Wildman–Crippen LogP) is 4.62. The topological polar surface area (TPSA) is 80.3 Å². The zero-order valence-corrected chi connectivity index (χ0v) is 26.7. The second kappa shape index (κ2) is 12.6. The minimum atomic E-state index is -4.64. The van der Waals surface area contributed by atoms with Gasteiger partial charge < -0.3 is 19.6 Å². The summed E-state index contributed by atoms with van der Waals surface area (Å²) in [6, 6.07) is 5.99. The van der Waals surface area contributed by atoms with E-state index in [1.165, 1.54) is 11.8 Å². The first-order valence-corrected chi connectivity index (χ1v) is 15.3. The number of likely N-dealkylation sites (N-methyl/N-ethyl adjacent to an activating group) is 2. The van der Waals surface area contributed by atoms with Gasteiger partial charge in [0.2, 0.25) is 11.8 Å². The molecule has 9 nitrogen and oxygen atoms in total. The van der Waals surface area contributed by atoms with Gasteiger partial charge in [0.25, 0.3) is 5.91 Å². The summed E-state index contributed by atoms with van der Waals surface area (Å²) in [7, 11) is 5.38. The van der Waals surface area contributed by atoms with Crippen LogP contribution in [-0.2, 0) is 20.6 Å². The Balaban J connectivity index is 1.36. The number of para-hydroxylation sites is 1. The van der Waals surface area contributed by atoms with E-state index in [0.29, 0.717) is 60.6 Å². The largest absolute Gasteiger partial charge is 0.416 e. The quantitative estimate of drug-likeness (QED) is 0.390. The van der Waals surface area contributed by atoms with E-state index in [9.17, 15) is 27.6 Å². The molecule has 0 aliphatic carbocycles. The minimum Gasteiger partial charge on any atom is -0.368 e. The standard InChI is InChI=1S/C32H38ClF3N6O3/c1-19(15-38(3)4)30(44)41-16-21(17-41)8-7-11-40-18-22-13-27(43)42(26-14-23(32(34,35)36)12-20(2)37-26)28(22)31(45)39(5)25-10-6-9-24(33)29(25)40/h6,9-10,12,14,21-22,28H,1,7-8,11,13,15-18H2,2-5H3/t22-,28+/m1/s1. The Bertz CT molecular complexity index is 1510. The SMILES string of the molecule is C=C(CN(C)C)C(=O)N1CC(CCCN2C[C@H]3CC(=O)N(c4cc(C(F)(F)F)cc(C)n4)[C@@H]3C(=O)N(C)c3cccc(Cl)c32)C1. The minimum absolute atomic E-state index is 0.0198. The molecule has 1 aromatic carbocycles. The van der Waals surface area contributed by atoms with Crippen molar-refractivity contribution in [2.24, 2.45) is 11.8 Å². The fraction of sp³-hybridized carbons (Fsp3) is 0.500. The lowest BCUT2D eigenvalue weighted by atomic mass is 9.92. The lowest BCUT2D eigenvalue weighted by molar-refractivity contribution is -0.137. The summed E-state index contributed by atoms with van der Waals surface area (Å²) in [5.41, 5.74) is 0.968. The molecule has 4 heterocycles. The van der Waals surface area contributed by atoms with Crippen molar-refractivity contribution in [3.63, 3.8) is 0 Å². The second-order valence-corrected chi connectivity index (χ2v) is 12.9. The molecule has 3 aliphatic heterocycles. The van der Waals surface area contributed by atoms with Crippen LogP contribution in [0.2, 0.25) is 5.02 Å². The number of hydrogen-bond donors (Lipinski definition) is 0. The maximum Gasteiger partial charge on any atom is 0.416 e. The van der Waals surface area contributed by atoms with Crippen LogP contribution in [0.3, 0.4) is 0 Å². The monoisotopic (exact) mass is 646 g/mol. The van der Waals surface area contributed by atoms with Gasteiger partial charge in [-0.15, -0.1) is 0 Å². The van der Waals surface area contributed by atoms with Crippen molar-refractivity contribution in [3.05, 3.63) is 58.8 Å². The van der Waals surface area contributed by atoms with E-state index in [0.717, 1.165) is 29.9 Å². The number of aromatic nitrogens is 1. The molecule has 3 aliphatic rings. The van der Waals surface area contributed by atoms with Crippen LogP contribution in [0.4, 0.5) is 30.4 Å². The third kappa shape index (κ3) is 6.67. The molecule has 0 unspecified atom stereocenters. The molecule has 2 atom stereocenters. The third-order valence-corrected chi connectivity index (χ3v) is 9.03. The molecule has 2 fully saturated rings. The number of likely N-dealkylation sites (tertiary alicyclic amines) is 1. The second-order valence-electron chi connectivity index (χ2n) is 12.5. The van der Waals surface area contributed by atoms with E-state index in [4.69, 9.17) is 11.6 Å². The van der Waals surface area contributed by atoms with Crippen molar-refractivity contribution in [2.45, 2.75) is 38.4 Å². The number of carbonyl (C=O) groups excluding carboxylic acids is 3. The number of nitrogens with zero attached hydrogens (tertiary/aromatic N) is 6. The molecule has 3 amide bonds. The van der Waals surface area contributed by atoms with E-state index in [-0.39, 0.29) is 23.8 Å². The molecule has 2 aromatic rings. The zero-order valence-electron chi connectivity index (χ0n) is 25.9. The van der Waals surface area contributed by atoms with Gasteiger partial charge in [-0.05, 0) is 64.0 Å². The van der Waals surface area contributed by atoms with E-state index >= 15 is 0 Å². The first-order valence-electron chi connectivity index (χ1n) is 15.0. The van der Waals surface area contributed by atoms with E-state index in [1.54, 1.807) is 25.2 Å². The number of anilines is 3. The number of benzene rings is 1. The van der Waals surface area contributed by atoms with Gasteiger partial charge in [-0.3, -0.25) is 19.3 Å². The molecule has 0 bridgehead atoms. The predicted molar refractivity (Wildman–Crippen MR) is 167 cm³/mol. The molecule has 2 saturated heterocycles. The maximum atomic E-state index is 14.0. The average Bonchev–Trinajstić information content (AvgIpc) is 3.25. The molecule has 45 heavy (non-hydrogen) atoms. The van der Waals surface area contributed by atoms with Crippen molar-refractivity contribution in [2.75, 3.05) is 68.6 Å². The Kier molecular flexibility index (Phi) is 9.19. The number of alkyl halides is 3. The van der Waals surface area contributed by atoms with Gasteiger partial charge in [-0.1, -0.05) is 24.2 Å². The van der Waals surface area contributed by atoms with E-state index < -0.39 is 35.5 Å². The highest BCUT2D eigenvalue weighted by Crippen LogP contribution is 2.43. The highest BCUT2D eigenvalue weighted by atomic mass is 35.5. The summed E-state index contributed by atoms with van der Waals surface area (Å²) in [5, 5.41) is 0.460. The summed E-state index contributed by atoms with van der Waals surface area (Å²) < 4.78 is 41.0. The number of amides is 3. The van der Waals surface area contributed by atoms with Crippen molar-refractivity contribution < 1.29 is 27.6 Å². The normalized spacial score (nSPS) is 20.6. The molecular weight excluding hydrogens is 609 g/mol. The van der Waals surface area contributed by atoms with Crippen LogP contribution in [0.25, 0.3) is 0 Å². The Labute approximate surface area is 266 Å². The number of rotatable bonds is 8. The Hall–Kier alpha value is -3.64. The average molecular weight is 647 g/mol. The summed E-state index contributed by atoms with van der Waals surface area (Å²) in [6.07, 6.45) is -3.02. The van der Waals surface area contributed by atoms with Crippen molar-refractivity contribution in [1.82, 2.24) is 14.8 Å². The number of carbonyl (C=O) groups is 3. The lowest BCUT2D eigenvalue weighted by Gasteiger charge is -2.41. The summed E-state index contributed by atoms with van der Waals surface area (Å²) in [4.78, 5) is 52.7. The van der Waals surface area contributed by atoms with Crippen LogP contribution in [0, 0.1) is 18.8 Å². The van der Waals surface area contributed by atoms with Gasteiger partial charge in [-0.25, -0.2) is 4.98 Å². The van der Waals surface area contributed by atoms with Crippen molar-refractivity contribution in [1.29, 1.82) is 0 Å². The Morgan fingerprint density at radius 3 is 2.53 bits per heavy atom. The smallest absolute Gasteiger partial charge is 0.368 e. The van der Waals surface area contributed by atoms with E-state index in [2.05, 4.69) is 16.5 Å². The fourth-order valence-electron chi connectivity index (χ4n) is 6.63. The van der Waals surface area contributed by atoms with Gasteiger partial charge in [0, 0.05) is 63.4 Å². The molecule has 242 valence electrons. The number of fused-ring (bicyclic) bond motifs is 2. The summed E-state index contributed by atoms with van der Waals surface area (Å²) in [5.74, 6) is -1.24. The van der Waals surface area contributed by atoms with Gasteiger partial charge in [-0.2, -0.15) is 13.2 Å². The molecular formula is C32H38ClF3N6O3. The van der Waals surface area contributed by atoms with Gasteiger partial charge in [0.05, 0.1) is 22.0 Å². The molecule has 0 radical (unpaired) electrons. The van der Waals surface area contributed by atoms with Gasteiger partial charge in [0.1, 0.15) is 11.9 Å². The maximum absolute atomic E-state index is 14.0. The van der Waals surface area contributed by atoms with Crippen LogP contribution in [0.1, 0.15) is 30.5 Å². The highest BCUT2D eigenvalue weighted by Gasteiger charge is 2.49. The number of halogens is 4. The molecule has 13 heteroatoms. The molecule has 5 rings (SSSR count). The van der Waals surface area contributed by atoms with Crippen LogP contribution in [0.15, 0.2) is 42.5 Å². The van der Waals surface area contributed by atoms with Crippen molar-refractivity contribution in [3.8, 4) is 0 Å². The highest BCUT2D eigenvalue weighted by molar-refractivity contribution is 6.34. The third-order valence-electron chi connectivity index (χ3n) is 8.72. The van der Waals surface area contributed by atoms with Gasteiger partial charge in [0.15, 0.2) is 0 Å². The first-order chi connectivity index (χ1) is 21.1. The van der Waals surface area contributed by atoms with Gasteiger partial charge >= 0.3 is 6.18 Å².